The molecule has 0 unspecified atom stereocenters. The number of amides is 1. The molecule has 0 bridgehead atoms. The third-order valence-electron chi connectivity index (χ3n) is 5.59. The second-order valence-electron chi connectivity index (χ2n) is 7.01. The summed E-state index contributed by atoms with van der Waals surface area (Å²) >= 11 is 0. The molecule has 1 aromatic heterocycles. The molecule has 2 atom stereocenters. The number of carboxylic acid groups (broad SMARTS) is 1. The first-order valence-electron chi connectivity index (χ1n) is 8.12. The zero-order valence-corrected chi connectivity index (χ0v) is 13.1. The fraction of sp³-hybridized carbons (Fsp3) is 0.444. The predicted molar refractivity (Wildman–Crippen MR) is 86.3 cm³/mol. The normalized spacial score (nSPS) is 26.7. The average molecular weight is 312 g/mol. The molecule has 1 aliphatic heterocycles. The molecule has 4 rings (SSSR count). The summed E-state index contributed by atoms with van der Waals surface area (Å²) in [6, 6.07) is 7.89. The second kappa shape index (κ2) is 4.85. The molecule has 1 saturated carbocycles. The summed E-state index contributed by atoms with van der Waals surface area (Å²) in [5.74, 6) is -0.743. The number of hydrogen-bond donors (Lipinski definition) is 2. The van der Waals surface area contributed by atoms with Crippen molar-refractivity contribution in [3.05, 3.63) is 35.5 Å². The number of carbonyl (C=O) groups is 2. The van der Waals surface area contributed by atoms with E-state index in [4.69, 9.17) is 0 Å². The molecule has 120 valence electrons. The molecule has 1 aromatic carbocycles. The van der Waals surface area contributed by atoms with Crippen LogP contribution < -0.4 is 0 Å². The van der Waals surface area contributed by atoms with Crippen LogP contribution in [0.2, 0.25) is 0 Å². The zero-order chi connectivity index (χ0) is 16.2. The molecule has 2 N–H and O–H groups in total. The molecule has 1 aliphatic carbocycles. The number of carboxylic acids is 1. The molecule has 5 nitrogen and oxygen atoms in total. The van der Waals surface area contributed by atoms with Crippen LogP contribution in [0.15, 0.2) is 24.3 Å². The lowest BCUT2D eigenvalue weighted by Crippen LogP contribution is -2.37. The second-order valence-corrected chi connectivity index (χ2v) is 7.01. The van der Waals surface area contributed by atoms with Crippen LogP contribution in [-0.2, 0) is 4.79 Å². The van der Waals surface area contributed by atoms with E-state index >= 15 is 0 Å². The lowest BCUT2D eigenvalue weighted by Gasteiger charge is -2.23. The molecule has 2 heterocycles. The molecule has 23 heavy (non-hydrogen) atoms. The van der Waals surface area contributed by atoms with Gasteiger partial charge in [0.2, 0.25) is 0 Å². The van der Waals surface area contributed by atoms with Crippen molar-refractivity contribution in [2.75, 3.05) is 13.1 Å². The Bertz CT molecular complexity index is 810. The van der Waals surface area contributed by atoms with Crippen molar-refractivity contribution in [2.45, 2.75) is 26.2 Å². The Labute approximate surface area is 134 Å². The lowest BCUT2D eigenvalue weighted by molar-refractivity contribution is -0.149. The van der Waals surface area contributed by atoms with E-state index in [1.165, 1.54) is 0 Å². The van der Waals surface area contributed by atoms with Gasteiger partial charge in [0.05, 0.1) is 5.41 Å². The van der Waals surface area contributed by atoms with Crippen molar-refractivity contribution in [3.8, 4) is 0 Å². The minimum absolute atomic E-state index is 0.0890. The Morgan fingerprint density at radius 2 is 2.17 bits per heavy atom. The van der Waals surface area contributed by atoms with Gasteiger partial charge in [-0.05, 0) is 43.4 Å². The minimum atomic E-state index is -0.748. The molecule has 0 spiro atoms. The number of benzene rings is 1. The molecule has 1 amide bonds. The highest BCUT2D eigenvalue weighted by Gasteiger charge is 2.55. The first-order chi connectivity index (χ1) is 11.0. The largest absolute Gasteiger partial charge is 0.481 e. The highest BCUT2D eigenvalue weighted by atomic mass is 16.4. The van der Waals surface area contributed by atoms with Crippen LogP contribution in [0.4, 0.5) is 0 Å². The van der Waals surface area contributed by atoms with Gasteiger partial charge in [-0.3, -0.25) is 9.59 Å². The summed E-state index contributed by atoms with van der Waals surface area (Å²) in [5.41, 5.74) is 1.91. The Balaban J connectivity index is 1.63. The number of likely N-dealkylation sites (tertiary alicyclic amines) is 1. The summed E-state index contributed by atoms with van der Waals surface area (Å²) in [6.45, 7) is 2.90. The lowest BCUT2D eigenvalue weighted by atomic mass is 9.81. The Morgan fingerprint density at radius 3 is 2.91 bits per heavy atom. The predicted octanol–water partition coefficient (Wildman–Crippen LogP) is 2.80. The van der Waals surface area contributed by atoms with Gasteiger partial charge in [-0.1, -0.05) is 18.6 Å². The van der Waals surface area contributed by atoms with Crippen molar-refractivity contribution in [3.63, 3.8) is 0 Å². The van der Waals surface area contributed by atoms with E-state index in [0.717, 1.165) is 29.3 Å². The number of fused-ring (bicyclic) bond motifs is 2. The van der Waals surface area contributed by atoms with Crippen LogP contribution in [0.5, 0.6) is 0 Å². The highest BCUT2D eigenvalue weighted by molar-refractivity contribution is 5.98. The topological polar surface area (TPSA) is 73.4 Å². The number of nitrogens with one attached hydrogen (secondary N) is 1. The number of carbonyl (C=O) groups excluding carboxylic acids is 1. The Morgan fingerprint density at radius 1 is 1.35 bits per heavy atom. The van der Waals surface area contributed by atoms with Crippen molar-refractivity contribution in [2.24, 2.45) is 11.3 Å². The van der Waals surface area contributed by atoms with Gasteiger partial charge in [-0.25, -0.2) is 0 Å². The fourth-order valence-corrected chi connectivity index (χ4v) is 4.32. The van der Waals surface area contributed by atoms with E-state index in [2.05, 4.69) is 4.98 Å². The number of hydrogen-bond acceptors (Lipinski definition) is 2. The molecule has 2 fully saturated rings. The molecule has 2 aromatic rings. The van der Waals surface area contributed by atoms with E-state index in [1.807, 2.05) is 31.2 Å². The zero-order valence-electron chi connectivity index (χ0n) is 13.1. The molecule has 1 saturated heterocycles. The van der Waals surface area contributed by atoms with Gasteiger partial charge >= 0.3 is 5.97 Å². The van der Waals surface area contributed by atoms with Crippen LogP contribution >= 0.6 is 0 Å². The minimum Gasteiger partial charge on any atom is -0.481 e. The first kappa shape index (κ1) is 14.3. The van der Waals surface area contributed by atoms with Crippen molar-refractivity contribution in [1.82, 2.24) is 9.88 Å². The Hall–Kier alpha value is -2.30. The number of rotatable bonds is 2. The van der Waals surface area contributed by atoms with E-state index in [1.54, 1.807) is 4.90 Å². The molecule has 2 aliphatic rings. The maximum Gasteiger partial charge on any atom is 0.311 e. The standard InChI is InChI=1S/C18H20N2O3/c1-11-4-5-12-8-15(19-14(12)7-11)16(21)20-9-13-3-2-6-18(13,10-20)17(22)23/h4-5,7-8,13,19H,2-3,6,9-10H2,1H3,(H,22,23)/t13-,18+/m0/s1. The van der Waals surface area contributed by atoms with Crippen LogP contribution in [0.3, 0.4) is 0 Å². The summed E-state index contributed by atoms with van der Waals surface area (Å²) < 4.78 is 0. The molecule has 5 heteroatoms. The molecular weight excluding hydrogens is 292 g/mol. The number of H-pyrrole nitrogens is 1. The first-order valence-corrected chi connectivity index (χ1v) is 8.12. The Kier molecular flexibility index (Phi) is 3.01. The number of aromatic amines is 1. The monoisotopic (exact) mass is 312 g/mol. The van der Waals surface area contributed by atoms with Crippen LogP contribution in [-0.4, -0.2) is 40.0 Å². The van der Waals surface area contributed by atoms with Gasteiger partial charge < -0.3 is 15.0 Å². The van der Waals surface area contributed by atoms with Crippen LogP contribution in [0.1, 0.15) is 35.3 Å². The summed E-state index contributed by atoms with van der Waals surface area (Å²) in [7, 11) is 0. The maximum absolute atomic E-state index is 12.8. The van der Waals surface area contributed by atoms with E-state index in [-0.39, 0.29) is 11.8 Å². The maximum atomic E-state index is 12.8. The van der Waals surface area contributed by atoms with E-state index < -0.39 is 11.4 Å². The van der Waals surface area contributed by atoms with Crippen LogP contribution in [0.25, 0.3) is 10.9 Å². The van der Waals surface area contributed by atoms with Gasteiger partial charge in [-0.15, -0.1) is 0 Å². The van der Waals surface area contributed by atoms with Crippen molar-refractivity contribution >= 4 is 22.8 Å². The smallest absolute Gasteiger partial charge is 0.311 e. The van der Waals surface area contributed by atoms with Gasteiger partial charge in [0.1, 0.15) is 5.69 Å². The van der Waals surface area contributed by atoms with E-state index in [9.17, 15) is 14.7 Å². The highest BCUT2D eigenvalue weighted by Crippen LogP contribution is 2.49. The average Bonchev–Trinajstić information content (AvgIpc) is 3.17. The SMILES string of the molecule is Cc1ccc2cc(C(=O)N3C[C@@H]4CCC[C@@]4(C(=O)O)C3)[nH]c2c1. The summed E-state index contributed by atoms with van der Waals surface area (Å²) in [5, 5.41) is 10.6. The summed E-state index contributed by atoms with van der Waals surface area (Å²) in [4.78, 5) is 29.4. The van der Waals surface area contributed by atoms with E-state index in [0.29, 0.717) is 25.2 Å². The number of aromatic nitrogens is 1. The number of aliphatic carboxylic acids is 1. The quantitative estimate of drug-likeness (QED) is 0.895. The number of aryl methyl sites for hydroxylation is 1. The van der Waals surface area contributed by atoms with Gasteiger partial charge in [-0.2, -0.15) is 0 Å². The fourth-order valence-electron chi connectivity index (χ4n) is 4.32. The molecule has 0 radical (unpaired) electrons. The summed E-state index contributed by atoms with van der Waals surface area (Å²) in [6.07, 6.45) is 2.54. The third kappa shape index (κ3) is 2.06. The van der Waals surface area contributed by atoms with Gasteiger partial charge in [0.25, 0.3) is 5.91 Å². The molecular formula is C18H20N2O3. The van der Waals surface area contributed by atoms with Crippen molar-refractivity contribution < 1.29 is 14.7 Å². The van der Waals surface area contributed by atoms with Crippen molar-refractivity contribution in [1.29, 1.82) is 0 Å². The number of nitrogens with zero attached hydrogens (tertiary/aromatic N) is 1. The van der Waals surface area contributed by atoms with Gasteiger partial charge in [0, 0.05) is 24.0 Å². The third-order valence-corrected chi connectivity index (χ3v) is 5.59. The van der Waals surface area contributed by atoms with Crippen LogP contribution in [0, 0.1) is 18.3 Å². The van der Waals surface area contributed by atoms with Gasteiger partial charge in [0.15, 0.2) is 0 Å².